The Kier molecular flexibility index (Phi) is 3.88. The van der Waals surface area contributed by atoms with E-state index < -0.39 is 0 Å². The number of hydrogen-bond acceptors (Lipinski definition) is 4. The van der Waals surface area contributed by atoms with Crippen molar-refractivity contribution >= 4 is 5.95 Å². The van der Waals surface area contributed by atoms with Crippen molar-refractivity contribution in [2.24, 2.45) is 5.41 Å². The maximum Gasteiger partial charge on any atom is 0.225 e. The van der Waals surface area contributed by atoms with Crippen LogP contribution in [0.4, 0.5) is 5.95 Å². The molecule has 1 N–H and O–H groups in total. The van der Waals surface area contributed by atoms with Gasteiger partial charge in [0.15, 0.2) is 0 Å². The fourth-order valence-electron chi connectivity index (χ4n) is 1.09. The lowest BCUT2D eigenvalue weighted by Crippen LogP contribution is -2.14. The van der Waals surface area contributed by atoms with E-state index in [0.29, 0.717) is 17.2 Å². The zero-order chi connectivity index (χ0) is 11.3. The molecule has 0 fully saturated rings. The summed E-state index contributed by atoms with van der Waals surface area (Å²) in [7, 11) is 1.60. The maximum absolute atomic E-state index is 5.01. The summed E-state index contributed by atoms with van der Waals surface area (Å²) in [6.07, 6.45) is 2.76. The zero-order valence-corrected chi connectivity index (χ0v) is 9.87. The van der Waals surface area contributed by atoms with Crippen LogP contribution in [0.1, 0.15) is 27.2 Å². The van der Waals surface area contributed by atoms with Crippen molar-refractivity contribution in [2.75, 3.05) is 19.0 Å². The third-order valence-electron chi connectivity index (χ3n) is 2.00. The van der Waals surface area contributed by atoms with Gasteiger partial charge in [0.25, 0.3) is 0 Å². The van der Waals surface area contributed by atoms with Crippen LogP contribution in [-0.2, 0) is 0 Å². The molecule has 0 amide bonds. The summed E-state index contributed by atoms with van der Waals surface area (Å²) in [6.45, 7) is 7.50. The molecule has 0 bridgehead atoms. The lowest BCUT2D eigenvalue weighted by Gasteiger charge is -2.17. The maximum atomic E-state index is 5.01. The molecule has 0 aliphatic carbocycles. The highest BCUT2D eigenvalue weighted by Gasteiger charge is 2.09. The molecule has 1 aromatic heterocycles. The summed E-state index contributed by atoms with van der Waals surface area (Å²) >= 11 is 0. The van der Waals surface area contributed by atoms with Gasteiger partial charge in [-0.15, -0.1) is 0 Å². The van der Waals surface area contributed by atoms with Crippen LogP contribution in [0.15, 0.2) is 12.3 Å². The average molecular weight is 209 g/mol. The SMILES string of the molecule is COc1ccnc(NCCC(C)(C)C)n1. The first-order valence-corrected chi connectivity index (χ1v) is 5.12. The Balaban J connectivity index is 2.44. The number of nitrogens with one attached hydrogen (secondary N) is 1. The number of ether oxygens (including phenoxy) is 1. The standard InChI is InChI=1S/C11H19N3O/c1-11(2,3)6-8-13-10-12-7-5-9(14-10)15-4/h5,7H,6,8H2,1-4H3,(H,12,13,14). The monoisotopic (exact) mass is 209 g/mol. The molecule has 0 aromatic carbocycles. The smallest absolute Gasteiger partial charge is 0.225 e. The molecule has 15 heavy (non-hydrogen) atoms. The van der Waals surface area contributed by atoms with Crippen LogP contribution in [0.3, 0.4) is 0 Å². The predicted octanol–water partition coefficient (Wildman–Crippen LogP) is 2.33. The summed E-state index contributed by atoms with van der Waals surface area (Å²) in [5.41, 5.74) is 0.325. The lowest BCUT2D eigenvalue weighted by atomic mass is 9.92. The van der Waals surface area contributed by atoms with Crippen LogP contribution >= 0.6 is 0 Å². The Morgan fingerprint density at radius 3 is 2.73 bits per heavy atom. The van der Waals surface area contributed by atoms with E-state index in [1.165, 1.54) is 0 Å². The number of hydrogen-bond donors (Lipinski definition) is 1. The highest BCUT2D eigenvalue weighted by molar-refractivity contribution is 5.27. The first-order valence-electron chi connectivity index (χ1n) is 5.12. The fourth-order valence-corrected chi connectivity index (χ4v) is 1.09. The van der Waals surface area contributed by atoms with Gasteiger partial charge in [0, 0.05) is 18.8 Å². The van der Waals surface area contributed by atoms with E-state index >= 15 is 0 Å². The van der Waals surface area contributed by atoms with Crippen molar-refractivity contribution in [3.8, 4) is 5.88 Å². The molecular formula is C11H19N3O. The Morgan fingerprint density at radius 2 is 2.13 bits per heavy atom. The van der Waals surface area contributed by atoms with Gasteiger partial charge < -0.3 is 10.1 Å². The van der Waals surface area contributed by atoms with E-state index in [0.717, 1.165) is 13.0 Å². The Labute approximate surface area is 91.1 Å². The topological polar surface area (TPSA) is 47.0 Å². The van der Waals surface area contributed by atoms with E-state index in [1.54, 1.807) is 19.4 Å². The highest BCUT2D eigenvalue weighted by Crippen LogP contribution is 2.18. The molecule has 1 rings (SSSR count). The van der Waals surface area contributed by atoms with Crippen molar-refractivity contribution in [3.05, 3.63) is 12.3 Å². The van der Waals surface area contributed by atoms with E-state index in [9.17, 15) is 0 Å². The molecule has 84 valence electrons. The van der Waals surface area contributed by atoms with Crippen LogP contribution in [0.25, 0.3) is 0 Å². The van der Waals surface area contributed by atoms with Crippen LogP contribution in [0.5, 0.6) is 5.88 Å². The first kappa shape index (κ1) is 11.8. The number of rotatable bonds is 4. The first-order chi connectivity index (χ1) is 7.01. The molecular weight excluding hydrogens is 190 g/mol. The van der Waals surface area contributed by atoms with E-state index in [1.807, 2.05) is 0 Å². The third-order valence-corrected chi connectivity index (χ3v) is 2.00. The van der Waals surface area contributed by atoms with Gasteiger partial charge in [-0.1, -0.05) is 20.8 Å². The third kappa shape index (κ3) is 4.63. The summed E-state index contributed by atoms with van der Waals surface area (Å²) in [6, 6.07) is 1.73. The second kappa shape index (κ2) is 4.96. The van der Waals surface area contributed by atoms with Crippen molar-refractivity contribution in [2.45, 2.75) is 27.2 Å². The minimum atomic E-state index is 0.325. The van der Waals surface area contributed by atoms with Crippen molar-refractivity contribution < 1.29 is 4.74 Å². The van der Waals surface area contributed by atoms with Gasteiger partial charge in [0.05, 0.1) is 7.11 Å². The number of methoxy groups -OCH3 is 1. The zero-order valence-electron chi connectivity index (χ0n) is 9.87. The van der Waals surface area contributed by atoms with Crippen LogP contribution in [0.2, 0.25) is 0 Å². The van der Waals surface area contributed by atoms with E-state index in [4.69, 9.17) is 4.74 Å². The molecule has 4 heteroatoms. The van der Waals surface area contributed by atoms with Gasteiger partial charge >= 0.3 is 0 Å². The minimum absolute atomic E-state index is 0.325. The van der Waals surface area contributed by atoms with Crippen LogP contribution in [-0.4, -0.2) is 23.6 Å². The van der Waals surface area contributed by atoms with Crippen LogP contribution < -0.4 is 10.1 Å². The molecule has 4 nitrogen and oxygen atoms in total. The van der Waals surface area contributed by atoms with E-state index in [2.05, 4.69) is 36.1 Å². The normalized spacial score (nSPS) is 11.2. The van der Waals surface area contributed by atoms with Crippen molar-refractivity contribution in [3.63, 3.8) is 0 Å². The number of aromatic nitrogens is 2. The Morgan fingerprint density at radius 1 is 1.40 bits per heavy atom. The molecule has 0 aliphatic rings. The molecule has 0 saturated carbocycles. The lowest BCUT2D eigenvalue weighted by molar-refractivity contribution is 0.388. The Hall–Kier alpha value is -1.32. The molecule has 0 saturated heterocycles. The summed E-state index contributed by atoms with van der Waals surface area (Å²) in [5.74, 6) is 1.21. The minimum Gasteiger partial charge on any atom is -0.481 e. The quantitative estimate of drug-likeness (QED) is 0.826. The molecule has 0 aliphatic heterocycles. The van der Waals surface area contributed by atoms with Gasteiger partial charge in [-0.2, -0.15) is 4.98 Å². The largest absolute Gasteiger partial charge is 0.481 e. The molecule has 0 atom stereocenters. The Bertz CT molecular complexity index is 307. The van der Waals surface area contributed by atoms with E-state index in [-0.39, 0.29) is 0 Å². The molecule has 1 heterocycles. The van der Waals surface area contributed by atoms with Gasteiger partial charge in [-0.3, -0.25) is 0 Å². The number of nitrogens with zero attached hydrogens (tertiary/aromatic N) is 2. The summed E-state index contributed by atoms with van der Waals surface area (Å²) < 4.78 is 5.01. The second-order valence-electron chi connectivity index (χ2n) is 4.66. The average Bonchev–Trinajstić information content (AvgIpc) is 2.16. The van der Waals surface area contributed by atoms with Gasteiger partial charge in [-0.25, -0.2) is 4.98 Å². The van der Waals surface area contributed by atoms with Crippen molar-refractivity contribution in [1.29, 1.82) is 0 Å². The highest BCUT2D eigenvalue weighted by atomic mass is 16.5. The fraction of sp³-hybridized carbons (Fsp3) is 0.636. The van der Waals surface area contributed by atoms with Gasteiger partial charge in [0.1, 0.15) is 0 Å². The molecule has 0 radical (unpaired) electrons. The van der Waals surface area contributed by atoms with Gasteiger partial charge in [-0.05, 0) is 11.8 Å². The molecule has 0 unspecified atom stereocenters. The van der Waals surface area contributed by atoms with Crippen molar-refractivity contribution in [1.82, 2.24) is 9.97 Å². The van der Waals surface area contributed by atoms with Gasteiger partial charge in [0.2, 0.25) is 11.8 Å². The van der Waals surface area contributed by atoms with Crippen LogP contribution in [0, 0.1) is 5.41 Å². The predicted molar refractivity (Wildman–Crippen MR) is 61.1 cm³/mol. The summed E-state index contributed by atoms with van der Waals surface area (Å²) in [4.78, 5) is 8.27. The summed E-state index contributed by atoms with van der Waals surface area (Å²) in [5, 5.41) is 3.17. The molecule has 0 spiro atoms. The second-order valence-corrected chi connectivity index (χ2v) is 4.66. The number of anilines is 1. The molecule has 1 aromatic rings.